The van der Waals surface area contributed by atoms with Crippen LogP contribution in [0.3, 0.4) is 0 Å². The molecule has 2 aromatic rings. The van der Waals surface area contributed by atoms with Crippen molar-refractivity contribution < 1.29 is 33.6 Å². The van der Waals surface area contributed by atoms with Gasteiger partial charge in [0, 0.05) is 31.7 Å². The minimum Gasteiger partial charge on any atom is -0.507 e. The molecule has 0 radical (unpaired) electrons. The molecule has 2 aromatic carbocycles. The molecule has 9 nitrogen and oxygen atoms in total. The molecule has 1 atom stereocenters. The number of carbonyl (C=O) groups is 2. The van der Waals surface area contributed by atoms with Gasteiger partial charge in [0.05, 0.1) is 45.2 Å². The molecule has 2 fully saturated rings. The van der Waals surface area contributed by atoms with Gasteiger partial charge in [-0.2, -0.15) is 0 Å². The van der Waals surface area contributed by atoms with Crippen molar-refractivity contribution in [3.05, 3.63) is 59.2 Å². The smallest absolute Gasteiger partial charge is 0.295 e. The second kappa shape index (κ2) is 12.8. The van der Waals surface area contributed by atoms with Crippen LogP contribution in [0.1, 0.15) is 37.4 Å². The number of morpholine rings is 1. The van der Waals surface area contributed by atoms with Crippen molar-refractivity contribution in [2.75, 3.05) is 59.7 Å². The molecule has 2 aliphatic heterocycles. The fourth-order valence-corrected chi connectivity index (χ4v) is 4.75. The number of Topliss-reactive ketones (excluding diaryl/α,β-unsaturated/α-hetero) is 1. The summed E-state index contributed by atoms with van der Waals surface area (Å²) in [5, 5.41) is 11.3. The molecule has 204 valence electrons. The third-order valence-corrected chi connectivity index (χ3v) is 6.70. The molecule has 1 unspecified atom stereocenters. The Morgan fingerprint density at radius 2 is 1.74 bits per heavy atom. The predicted octanol–water partition coefficient (Wildman–Crippen LogP) is 3.64. The van der Waals surface area contributed by atoms with Gasteiger partial charge in [-0.15, -0.1) is 0 Å². The lowest BCUT2D eigenvalue weighted by Gasteiger charge is -2.31. The van der Waals surface area contributed by atoms with Crippen molar-refractivity contribution in [3.63, 3.8) is 0 Å². The molecule has 2 aliphatic rings. The third-order valence-electron chi connectivity index (χ3n) is 6.70. The fourth-order valence-electron chi connectivity index (χ4n) is 4.75. The van der Waals surface area contributed by atoms with Crippen LogP contribution >= 0.6 is 0 Å². The molecule has 1 N–H and O–H groups in total. The first-order valence-electron chi connectivity index (χ1n) is 13.1. The molecule has 0 spiro atoms. The molecular weight excluding hydrogens is 488 g/mol. The Bertz CT molecular complexity index is 1160. The van der Waals surface area contributed by atoms with Gasteiger partial charge in [0.25, 0.3) is 11.7 Å². The van der Waals surface area contributed by atoms with E-state index in [9.17, 15) is 14.7 Å². The molecule has 0 bridgehead atoms. The van der Waals surface area contributed by atoms with Crippen LogP contribution in [0, 0.1) is 0 Å². The summed E-state index contributed by atoms with van der Waals surface area (Å²) in [4.78, 5) is 30.4. The topological polar surface area (TPSA) is 97.8 Å². The van der Waals surface area contributed by atoms with Crippen LogP contribution < -0.4 is 14.2 Å². The number of nitrogens with zero attached hydrogens (tertiary/aromatic N) is 2. The predicted molar refractivity (Wildman–Crippen MR) is 143 cm³/mol. The molecule has 2 saturated heterocycles. The highest BCUT2D eigenvalue weighted by atomic mass is 16.5. The van der Waals surface area contributed by atoms with E-state index in [1.807, 2.05) is 19.9 Å². The van der Waals surface area contributed by atoms with Crippen LogP contribution in [-0.4, -0.2) is 86.3 Å². The Labute approximate surface area is 223 Å². The number of likely N-dealkylation sites (tertiary alicyclic amines) is 1. The largest absolute Gasteiger partial charge is 0.507 e. The summed E-state index contributed by atoms with van der Waals surface area (Å²) in [7, 11) is 1.55. The summed E-state index contributed by atoms with van der Waals surface area (Å²) in [5.74, 6) is 0.148. The van der Waals surface area contributed by atoms with Crippen LogP contribution in [0.25, 0.3) is 5.76 Å². The molecule has 1 amide bonds. The maximum absolute atomic E-state index is 13.4. The van der Waals surface area contributed by atoms with Gasteiger partial charge in [0.2, 0.25) is 0 Å². The zero-order valence-electron chi connectivity index (χ0n) is 22.3. The van der Waals surface area contributed by atoms with Crippen molar-refractivity contribution in [1.82, 2.24) is 9.80 Å². The lowest BCUT2D eigenvalue weighted by Crippen LogP contribution is -2.42. The van der Waals surface area contributed by atoms with E-state index >= 15 is 0 Å². The van der Waals surface area contributed by atoms with E-state index in [0.29, 0.717) is 67.9 Å². The molecule has 0 aliphatic carbocycles. The number of ketones is 1. The van der Waals surface area contributed by atoms with Crippen molar-refractivity contribution in [3.8, 4) is 17.2 Å². The number of ether oxygens (including phenoxy) is 4. The third kappa shape index (κ3) is 5.95. The summed E-state index contributed by atoms with van der Waals surface area (Å²) < 4.78 is 22.3. The number of aliphatic hydroxyl groups excluding tert-OH is 1. The maximum Gasteiger partial charge on any atom is 0.295 e. The number of benzene rings is 2. The molecular formula is C29H36N2O7. The summed E-state index contributed by atoms with van der Waals surface area (Å²) in [5.41, 5.74) is 1.13. The number of hydrogen-bond donors (Lipinski definition) is 1. The summed E-state index contributed by atoms with van der Waals surface area (Å²) >= 11 is 0. The van der Waals surface area contributed by atoms with Crippen LogP contribution in [0.2, 0.25) is 0 Å². The molecule has 2 heterocycles. The Morgan fingerprint density at radius 3 is 2.39 bits per heavy atom. The van der Waals surface area contributed by atoms with Gasteiger partial charge < -0.3 is 29.0 Å². The fraction of sp³-hybridized carbons (Fsp3) is 0.448. The Kier molecular flexibility index (Phi) is 9.25. The van der Waals surface area contributed by atoms with Crippen LogP contribution in [0.5, 0.6) is 17.2 Å². The normalized spacial score (nSPS) is 19.6. The summed E-state index contributed by atoms with van der Waals surface area (Å²) in [6, 6.07) is 11.4. The van der Waals surface area contributed by atoms with Crippen LogP contribution in [0.4, 0.5) is 0 Å². The molecule has 9 heteroatoms. The van der Waals surface area contributed by atoms with E-state index in [0.717, 1.165) is 19.5 Å². The number of amides is 1. The molecule has 38 heavy (non-hydrogen) atoms. The highest BCUT2D eigenvalue weighted by Crippen LogP contribution is 2.42. The zero-order valence-corrected chi connectivity index (χ0v) is 22.3. The first kappa shape index (κ1) is 27.5. The summed E-state index contributed by atoms with van der Waals surface area (Å²) in [6.07, 6.45) is 0.842. The van der Waals surface area contributed by atoms with Crippen molar-refractivity contribution in [2.24, 2.45) is 0 Å². The Hall–Kier alpha value is -3.56. The first-order chi connectivity index (χ1) is 18.5. The van der Waals surface area contributed by atoms with Crippen molar-refractivity contribution in [2.45, 2.75) is 26.3 Å². The van der Waals surface area contributed by atoms with Gasteiger partial charge in [-0.3, -0.25) is 14.5 Å². The van der Waals surface area contributed by atoms with Crippen molar-refractivity contribution in [1.29, 1.82) is 0 Å². The second-order valence-electron chi connectivity index (χ2n) is 9.16. The highest BCUT2D eigenvalue weighted by Gasteiger charge is 2.46. The maximum atomic E-state index is 13.4. The van der Waals surface area contributed by atoms with E-state index in [1.54, 1.807) is 48.4 Å². The van der Waals surface area contributed by atoms with E-state index in [2.05, 4.69) is 4.90 Å². The highest BCUT2D eigenvalue weighted by molar-refractivity contribution is 6.46. The monoisotopic (exact) mass is 524 g/mol. The van der Waals surface area contributed by atoms with E-state index in [4.69, 9.17) is 18.9 Å². The van der Waals surface area contributed by atoms with Gasteiger partial charge >= 0.3 is 0 Å². The van der Waals surface area contributed by atoms with E-state index < -0.39 is 17.7 Å². The summed E-state index contributed by atoms with van der Waals surface area (Å²) in [6.45, 7) is 8.66. The minimum atomic E-state index is -0.781. The van der Waals surface area contributed by atoms with Crippen LogP contribution in [-0.2, 0) is 14.3 Å². The lowest BCUT2D eigenvalue weighted by atomic mass is 9.95. The van der Waals surface area contributed by atoms with Crippen molar-refractivity contribution >= 4 is 17.4 Å². The molecule has 0 saturated carbocycles. The zero-order chi connectivity index (χ0) is 27.1. The van der Waals surface area contributed by atoms with E-state index in [-0.39, 0.29) is 11.3 Å². The number of hydrogen-bond acceptors (Lipinski definition) is 8. The number of rotatable bonds is 11. The quantitative estimate of drug-likeness (QED) is 0.270. The van der Waals surface area contributed by atoms with Gasteiger partial charge in [-0.05, 0) is 55.3 Å². The first-order valence-corrected chi connectivity index (χ1v) is 13.1. The number of aliphatic hydroxyl groups is 1. The average Bonchev–Trinajstić information content (AvgIpc) is 3.20. The Morgan fingerprint density at radius 1 is 1.00 bits per heavy atom. The second-order valence-corrected chi connectivity index (χ2v) is 9.16. The van der Waals surface area contributed by atoms with Gasteiger partial charge in [-0.25, -0.2) is 0 Å². The lowest BCUT2D eigenvalue weighted by molar-refractivity contribution is -0.140. The minimum absolute atomic E-state index is 0.0467. The van der Waals surface area contributed by atoms with Gasteiger partial charge in [0.1, 0.15) is 11.5 Å². The van der Waals surface area contributed by atoms with Gasteiger partial charge in [-0.1, -0.05) is 13.0 Å². The average molecular weight is 525 g/mol. The number of methoxy groups -OCH3 is 1. The Balaban J connectivity index is 1.74. The molecule has 0 aromatic heterocycles. The van der Waals surface area contributed by atoms with Gasteiger partial charge in [0.15, 0.2) is 11.5 Å². The number of carbonyl (C=O) groups excluding carboxylic acids is 2. The van der Waals surface area contributed by atoms with E-state index in [1.165, 1.54) is 0 Å². The van der Waals surface area contributed by atoms with Crippen LogP contribution in [0.15, 0.2) is 48.0 Å². The molecule has 4 rings (SSSR count). The standard InChI is InChI=1S/C29H36N2O7/c1-4-16-38-23-11-8-21(19-24(23)35-3)26-25(27(32)20-6-9-22(10-7-20)37-5-2)28(33)29(34)31(26)13-12-30-14-17-36-18-15-30/h6-11,19,26,32H,4-5,12-18H2,1-3H3/b27-25+. The SMILES string of the molecule is CCCOc1ccc(C2/C(=C(\O)c3ccc(OCC)cc3)C(=O)C(=O)N2CCN2CCOCC2)cc1OC.